The van der Waals surface area contributed by atoms with E-state index in [0.717, 1.165) is 5.56 Å². The number of ketones is 1. The number of nitrogens with one attached hydrogen (secondary N) is 1. The summed E-state index contributed by atoms with van der Waals surface area (Å²) in [5.41, 5.74) is 1.79. The number of benzene rings is 1. The molecule has 0 aliphatic rings. The molecule has 0 aromatic heterocycles. The Bertz CT molecular complexity index is 378. The van der Waals surface area contributed by atoms with Gasteiger partial charge >= 0.3 is 0 Å². The summed E-state index contributed by atoms with van der Waals surface area (Å²) >= 11 is 3.10. The molecular weight excluding hydrogens is 261 g/mol. The minimum Gasteiger partial charge on any atom is -0.313 e. The van der Waals surface area contributed by atoms with Crippen LogP contribution in [0.3, 0.4) is 0 Å². The van der Waals surface area contributed by atoms with Gasteiger partial charge in [0.15, 0.2) is 5.78 Å². The van der Waals surface area contributed by atoms with Crippen LogP contribution in [0.25, 0.3) is 0 Å². The smallest absolute Gasteiger partial charge is 0.179 e. The molecule has 0 aliphatic carbocycles. The van der Waals surface area contributed by atoms with Crippen LogP contribution in [0.1, 0.15) is 21.5 Å². The summed E-state index contributed by atoms with van der Waals surface area (Å²) in [5, 5.41) is 2.73. The molecule has 0 unspecified atom stereocenters. The molecule has 4 heteroatoms. The van der Waals surface area contributed by atoms with Crippen molar-refractivity contribution < 1.29 is 9.18 Å². The molecule has 2 nitrogen and oxygen atoms in total. The number of halogens is 2. The van der Waals surface area contributed by atoms with Gasteiger partial charge in [-0.05, 0) is 54.0 Å². The second-order valence-corrected chi connectivity index (χ2v) is 4.30. The second kappa shape index (κ2) is 4.86. The molecule has 0 aliphatic heterocycles. The summed E-state index contributed by atoms with van der Waals surface area (Å²) in [4.78, 5) is 11.7. The van der Waals surface area contributed by atoms with Crippen LogP contribution in [0.2, 0.25) is 0 Å². The molecule has 0 atom stereocenters. The molecule has 82 valence electrons. The molecular formula is C11H13BrFNO. The van der Waals surface area contributed by atoms with Crippen molar-refractivity contribution in [3.63, 3.8) is 0 Å². The molecule has 15 heavy (non-hydrogen) atoms. The zero-order chi connectivity index (χ0) is 11.6. The largest absolute Gasteiger partial charge is 0.313 e. The van der Waals surface area contributed by atoms with Crippen molar-refractivity contribution in [2.45, 2.75) is 13.8 Å². The monoisotopic (exact) mass is 273 g/mol. The maximum atomic E-state index is 13.7. The van der Waals surface area contributed by atoms with E-state index >= 15 is 0 Å². The Morgan fingerprint density at radius 3 is 2.67 bits per heavy atom. The van der Waals surface area contributed by atoms with Crippen molar-refractivity contribution in [2.24, 2.45) is 0 Å². The van der Waals surface area contributed by atoms with E-state index in [4.69, 9.17) is 0 Å². The van der Waals surface area contributed by atoms with Gasteiger partial charge in [0.25, 0.3) is 0 Å². The summed E-state index contributed by atoms with van der Waals surface area (Å²) < 4.78 is 14.1. The normalized spacial score (nSPS) is 10.5. The third kappa shape index (κ3) is 2.44. The molecule has 0 heterocycles. The van der Waals surface area contributed by atoms with Crippen molar-refractivity contribution in [3.8, 4) is 0 Å². The molecule has 0 amide bonds. The number of likely N-dealkylation sites (N-methyl/N-ethyl adjacent to an activating group) is 1. The lowest BCUT2D eigenvalue weighted by Crippen LogP contribution is -2.21. The van der Waals surface area contributed by atoms with Crippen molar-refractivity contribution in [2.75, 3.05) is 13.6 Å². The van der Waals surface area contributed by atoms with Crippen LogP contribution in [-0.4, -0.2) is 19.4 Å². The average Bonchev–Trinajstić information content (AvgIpc) is 2.16. The third-order valence-corrected chi connectivity index (χ3v) is 2.93. The van der Waals surface area contributed by atoms with Gasteiger partial charge in [0, 0.05) is 0 Å². The SMILES string of the molecule is CNCC(=O)c1c(C)c(C)cc(Br)c1F. The summed E-state index contributed by atoms with van der Waals surface area (Å²) in [7, 11) is 1.66. The third-order valence-electron chi connectivity index (χ3n) is 2.36. The van der Waals surface area contributed by atoms with E-state index in [1.54, 1.807) is 20.0 Å². The van der Waals surface area contributed by atoms with Gasteiger partial charge in [-0.25, -0.2) is 4.39 Å². The van der Waals surface area contributed by atoms with Crippen LogP contribution in [0.5, 0.6) is 0 Å². The number of carbonyl (C=O) groups excluding carboxylic acids is 1. The standard InChI is InChI=1S/C11H13BrFNO/c1-6-4-8(12)11(13)10(7(6)2)9(15)5-14-3/h4,14H,5H2,1-3H3. The van der Waals surface area contributed by atoms with E-state index < -0.39 is 5.82 Å². The van der Waals surface area contributed by atoms with Gasteiger partial charge in [-0.15, -0.1) is 0 Å². The first-order valence-corrected chi connectivity index (χ1v) is 5.41. The molecule has 0 bridgehead atoms. The molecule has 0 saturated heterocycles. The van der Waals surface area contributed by atoms with Crippen LogP contribution in [0, 0.1) is 19.7 Å². The lowest BCUT2D eigenvalue weighted by molar-refractivity contribution is 0.0989. The molecule has 1 rings (SSSR count). The summed E-state index contributed by atoms with van der Waals surface area (Å²) in [5.74, 6) is -0.699. The van der Waals surface area contributed by atoms with Crippen LogP contribution in [-0.2, 0) is 0 Å². The first-order chi connectivity index (χ1) is 6.99. The Hall–Kier alpha value is -0.740. The molecule has 1 aromatic carbocycles. The van der Waals surface area contributed by atoms with Gasteiger partial charge in [-0.1, -0.05) is 0 Å². The Morgan fingerprint density at radius 2 is 2.13 bits per heavy atom. The highest BCUT2D eigenvalue weighted by Crippen LogP contribution is 2.25. The summed E-state index contributed by atoms with van der Waals surface area (Å²) in [6.07, 6.45) is 0. The number of aryl methyl sites for hydroxylation is 1. The highest BCUT2D eigenvalue weighted by Gasteiger charge is 2.18. The number of rotatable bonds is 3. The highest BCUT2D eigenvalue weighted by atomic mass is 79.9. The second-order valence-electron chi connectivity index (χ2n) is 3.44. The summed E-state index contributed by atoms with van der Waals surface area (Å²) in [6, 6.07) is 1.68. The Labute approximate surface area is 97.0 Å². The molecule has 0 spiro atoms. The van der Waals surface area contributed by atoms with Crippen LogP contribution >= 0.6 is 15.9 Å². The quantitative estimate of drug-likeness (QED) is 0.858. The van der Waals surface area contributed by atoms with Gasteiger partial charge in [0.1, 0.15) is 5.82 Å². The van der Waals surface area contributed by atoms with Gasteiger partial charge in [-0.3, -0.25) is 4.79 Å². The molecule has 0 radical (unpaired) electrons. The maximum Gasteiger partial charge on any atom is 0.179 e. The highest BCUT2D eigenvalue weighted by molar-refractivity contribution is 9.10. The van der Waals surface area contributed by atoms with Gasteiger partial charge in [0.2, 0.25) is 0 Å². The predicted molar refractivity (Wildman–Crippen MR) is 61.8 cm³/mol. The van der Waals surface area contributed by atoms with Crippen LogP contribution < -0.4 is 5.32 Å². The van der Waals surface area contributed by atoms with E-state index in [2.05, 4.69) is 21.2 Å². The van der Waals surface area contributed by atoms with Gasteiger partial charge in [-0.2, -0.15) is 0 Å². The molecule has 1 aromatic rings. The lowest BCUT2D eigenvalue weighted by atomic mass is 9.99. The number of hydrogen-bond acceptors (Lipinski definition) is 2. The molecule has 1 N–H and O–H groups in total. The molecule has 0 fully saturated rings. The average molecular weight is 274 g/mol. The number of carbonyl (C=O) groups is 1. The van der Waals surface area contributed by atoms with Crippen molar-refractivity contribution in [1.82, 2.24) is 5.32 Å². The topological polar surface area (TPSA) is 29.1 Å². The van der Waals surface area contributed by atoms with E-state index in [0.29, 0.717) is 10.0 Å². The lowest BCUT2D eigenvalue weighted by Gasteiger charge is -2.10. The fraction of sp³-hybridized carbons (Fsp3) is 0.364. The Balaban J connectivity index is 3.32. The van der Waals surface area contributed by atoms with E-state index in [1.807, 2.05) is 6.92 Å². The summed E-state index contributed by atoms with van der Waals surface area (Å²) in [6.45, 7) is 3.76. The fourth-order valence-electron chi connectivity index (χ4n) is 1.42. The first-order valence-electron chi connectivity index (χ1n) is 4.62. The van der Waals surface area contributed by atoms with Crippen molar-refractivity contribution in [1.29, 1.82) is 0 Å². The van der Waals surface area contributed by atoms with Gasteiger partial charge < -0.3 is 5.32 Å². The van der Waals surface area contributed by atoms with E-state index in [1.165, 1.54) is 0 Å². The molecule has 0 saturated carbocycles. The Kier molecular flexibility index (Phi) is 3.99. The number of Topliss-reactive ketones (excluding diaryl/α,β-unsaturated/α-hetero) is 1. The minimum atomic E-state index is -0.474. The maximum absolute atomic E-state index is 13.7. The first kappa shape index (κ1) is 12.3. The number of hydrogen-bond donors (Lipinski definition) is 1. The van der Waals surface area contributed by atoms with Crippen molar-refractivity contribution >= 4 is 21.7 Å². The minimum absolute atomic E-state index is 0.146. The zero-order valence-corrected chi connectivity index (χ0v) is 10.5. The van der Waals surface area contributed by atoms with Gasteiger partial charge in [0.05, 0.1) is 16.6 Å². The Morgan fingerprint density at radius 1 is 1.53 bits per heavy atom. The van der Waals surface area contributed by atoms with E-state index in [-0.39, 0.29) is 17.9 Å². The van der Waals surface area contributed by atoms with E-state index in [9.17, 15) is 9.18 Å². The zero-order valence-electron chi connectivity index (χ0n) is 8.95. The fourth-order valence-corrected chi connectivity index (χ4v) is 1.97. The van der Waals surface area contributed by atoms with Crippen LogP contribution in [0.4, 0.5) is 4.39 Å². The predicted octanol–water partition coefficient (Wildman–Crippen LogP) is 2.61. The van der Waals surface area contributed by atoms with Crippen molar-refractivity contribution in [3.05, 3.63) is 33.0 Å². The van der Waals surface area contributed by atoms with Crippen LogP contribution in [0.15, 0.2) is 10.5 Å².